The highest BCUT2D eigenvalue weighted by Crippen LogP contribution is 2.19. The standard InChI is InChI=1S/C20H19FN4O2S/c1-28-11-9-15(24-20(27)13-6-2-3-7-14(13)21)17-12-18(26)25-19(23-17)16-8-4-5-10-22-16/h2-8,10,12,15H,9,11H2,1H3,(H,24,27)(H,23,25,26). The minimum absolute atomic E-state index is 0.0496. The van der Waals surface area contributed by atoms with Crippen LogP contribution < -0.4 is 10.9 Å². The smallest absolute Gasteiger partial charge is 0.254 e. The van der Waals surface area contributed by atoms with Gasteiger partial charge in [0, 0.05) is 12.3 Å². The lowest BCUT2D eigenvalue weighted by molar-refractivity contribution is 0.0931. The maximum atomic E-state index is 14.0. The molecule has 8 heteroatoms. The van der Waals surface area contributed by atoms with Crippen molar-refractivity contribution in [3.63, 3.8) is 0 Å². The highest BCUT2D eigenvalue weighted by molar-refractivity contribution is 7.98. The van der Waals surface area contributed by atoms with E-state index in [9.17, 15) is 14.0 Å². The molecule has 0 fully saturated rings. The Hall–Kier alpha value is -3.00. The summed E-state index contributed by atoms with van der Waals surface area (Å²) in [5.41, 5.74) is 0.528. The molecule has 28 heavy (non-hydrogen) atoms. The van der Waals surface area contributed by atoms with E-state index in [1.165, 1.54) is 24.3 Å². The third-order valence-corrected chi connectivity index (χ3v) is 4.70. The lowest BCUT2D eigenvalue weighted by Crippen LogP contribution is -2.31. The third-order valence-electron chi connectivity index (χ3n) is 4.06. The molecule has 144 valence electrons. The monoisotopic (exact) mass is 398 g/mol. The van der Waals surface area contributed by atoms with Gasteiger partial charge in [0.05, 0.1) is 17.3 Å². The van der Waals surface area contributed by atoms with E-state index < -0.39 is 17.8 Å². The number of amides is 1. The normalized spacial score (nSPS) is 11.8. The number of hydrogen-bond donors (Lipinski definition) is 2. The Bertz CT molecular complexity index is 1010. The predicted molar refractivity (Wildman–Crippen MR) is 108 cm³/mol. The number of carbonyl (C=O) groups is 1. The largest absolute Gasteiger partial charge is 0.344 e. The molecule has 0 saturated heterocycles. The number of aromatic amines is 1. The number of aromatic nitrogens is 3. The first kappa shape index (κ1) is 19.8. The molecule has 1 amide bonds. The van der Waals surface area contributed by atoms with Gasteiger partial charge in [0.25, 0.3) is 11.5 Å². The van der Waals surface area contributed by atoms with E-state index in [0.717, 1.165) is 5.75 Å². The van der Waals surface area contributed by atoms with E-state index >= 15 is 0 Å². The molecule has 3 aromatic rings. The van der Waals surface area contributed by atoms with Crippen LogP contribution in [0.4, 0.5) is 4.39 Å². The van der Waals surface area contributed by atoms with Crippen molar-refractivity contribution in [3.05, 3.63) is 82.2 Å². The summed E-state index contributed by atoms with van der Waals surface area (Å²) >= 11 is 1.60. The second kappa shape index (κ2) is 9.27. The molecule has 0 aliphatic heterocycles. The minimum Gasteiger partial charge on any atom is -0.344 e. The van der Waals surface area contributed by atoms with Crippen molar-refractivity contribution in [2.75, 3.05) is 12.0 Å². The quantitative estimate of drug-likeness (QED) is 0.638. The molecule has 0 radical (unpaired) electrons. The topological polar surface area (TPSA) is 87.7 Å². The molecule has 0 aliphatic carbocycles. The molecule has 2 aromatic heterocycles. The molecule has 1 aromatic carbocycles. The number of rotatable bonds is 7. The summed E-state index contributed by atoms with van der Waals surface area (Å²) in [6, 6.07) is 11.9. The molecule has 6 nitrogen and oxygen atoms in total. The zero-order chi connectivity index (χ0) is 19.9. The van der Waals surface area contributed by atoms with Gasteiger partial charge in [-0.2, -0.15) is 11.8 Å². The van der Waals surface area contributed by atoms with Gasteiger partial charge in [-0.05, 0) is 42.7 Å². The fourth-order valence-electron chi connectivity index (χ4n) is 2.69. The van der Waals surface area contributed by atoms with Crippen molar-refractivity contribution in [3.8, 4) is 11.5 Å². The van der Waals surface area contributed by atoms with Crippen molar-refractivity contribution in [2.45, 2.75) is 12.5 Å². The van der Waals surface area contributed by atoms with Crippen molar-refractivity contribution in [1.29, 1.82) is 0 Å². The van der Waals surface area contributed by atoms with Gasteiger partial charge in [-0.25, -0.2) is 9.37 Å². The highest BCUT2D eigenvalue weighted by atomic mass is 32.2. The van der Waals surface area contributed by atoms with Gasteiger partial charge in [-0.3, -0.25) is 14.6 Å². The van der Waals surface area contributed by atoms with Gasteiger partial charge in [0.1, 0.15) is 11.5 Å². The summed E-state index contributed by atoms with van der Waals surface area (Å²) in [6.07, 6.45) is 4.09. The van der Waals surface area contributed by atoms with Gasteiger partial charge in [-0.1, -0.05) is 18.2 Å². The first-order valence-corrected chi connectivity index (χ1v) is 10.0. The molecular formula is C20H19FN4O2S. The van der Waals surface area contributed by atoms with Crippen LogP contribution >= 0.6 is 11.8 Å². The molecule has 1 atom stereocenters. The maximum Gasteiger partial charge on any atom is 0.254 e. The van der Waals surface area contributed by atoms with Crippen LogP contribution in [-0.4, -0.2) is 32.9 Å². The molecule has 1 unspecified atom stereocenters. The van der Waals surface area contributed by atoms with E-state index in [4.69, 9.17) is 0 Å². The van der Waals surface area contributed by atoms with Crippen LogP contribution in [0, 0.1) is 5.82 Å². The van der Waals surface area contributed by atoms with Crippen LogP contribution in [0.25, 0.3) is 11.5 Å². The Morgan fingerprint density at radius 1 is 1.25 bits per heavy atom. The number of nitrogens with one attached hydrogen (secondary N) is 2. The average molecular weight is 398 g/mol. The van der Waals surface area contributed by atoms with E-state index in [1.807, 2.05) is 6.26 Å². The summed E-state index contributed by atoms with van der Waals surface area (Å²) in [7, 11) is 0. The molecule has 2 heterocycles. The molecule has 0 bridgehead atoms. The molecule has 3 rings (SSSR count). The Morgan fingerprint density at radius 2 is 2.04 bits per heavy atom. The fourth-order valence-corrected chi connectivity index (χ4v) is 3.16. The number of halogens is 1. The van der Waals surface area contributed by atoms with Gasteiger partial charge >= 0.3 is 0 Å². The Kier molecular flexibility index (Phi) is 6.54. The second-order valence-electron chi connectivity index (χ2n) is 6.02. The summed E-state index contributed by atoms with van der Waals surface area (Å²) in [6.45, 7) is 0. The third kappa shape index (κ3) is 4.83. The lowest BCUT2D eigenvalue weighted by atomic mass is 10.1. The highest BCUT2D eigenvalue weighted by Gasteiger charge is 2.20. The first-order chi connectivity index (χ1) is 13.6. The van der Waals surface area contributed by atoms with Crippen molar-refractivity contribution < 1.29 is 9.18 Å². The summed E-state index contributed by atoms with van der Waals surface area (Å²) in [5.74, 6) is -0.102. The van der Waals surface area contributed by atoms with E-state index in [1.54, 1.807) is 42.2 Å². The fraction of sp³-hybridized carbons (Fsp3) is 0.200. The number of thioether (sulfide) groups is 1. The summed E-state index contributed by atoms with van der Waals surface area (Å²) < 4.78 is 14.0. The van der Waals surface area contributed by atoms with Crippen LogP contribution in [0.1, 0.15) is 28.5 Å². The number of pyridine rings is 1. The minimum atomic E-state index is -0.600. The molecular weight excluding hydrogens is 379 g/mol. The van der Waals surface area contributed by atoms with Crippen molar-refractivity contribution >= 4 is 17.7 Å². The van der Waals surface area contributed by atoms with E-state index in [-0.39, 0.29) is 11.1 Å². The number of H-pyrrole nitrogens is 1. The van der Waals surface area contributed by atoms with Gasteiger partial charge < -0.3 is 10.3 Å². The van der Waals surface area contributed by atoms with Crippen LogP contribution in [0.2, 0.25) is 0 Å². The lowest BCUT2D eigenvalue weighted by Gasteiger charge is -2.18. The number of nitrogens with zero attached hydrogens (tertiary/aromatic N) is 2. The maximum absolute atomic E-state index is 14.0. The predicted octanol–water partition coefficient (Wildman–Crippen LogP) is 3.20. The van der Waals surface area contributed by atoms with E-state index in [2.05, 4.69) is 20.3 Å². The number of carbonyl (C=O) groups excluding carboxylic acids is 1. The van der Waals surface area contributed by atoms with Gasteiger partial charge in [-0.15, -0.1) is 0 Å². The number of benzene rings is 1. The SMILES string of the molecule is CSCCC(NC(=O)c1ccccc1F)c1cc(=O)[nH]c(-c2ccccn2)n1. The molecule has 2 N–H and O–H groups in total. The molecule has 0 spiro atoms. The summed E-state index contributed by atoms with van der Waals surface area (Å²) in [5, 5.41) is 2.80. The Balaban J connectivity index is 1.93. The van der Waals surface area contributed by atoms with Crippen LogP contribution in [0.3, 0.4) is 0 Å². The molecule has 0 aliphatic rings. The Labute approximate surface area is 165 Å². The van der Waals surface area contributed by atoms with Crippen LogP contribution in [0.5, 0.6) is 0 Å². The Morgan fingerprint density at radius 3 is 2.75 bits per heavy atom. The van der Waals surface area contributed by atoms with Crippen molar-refractivity contribution in [1.82, 2.24) is 20.3 Å². The van der Waals surface area contributed by atoms with Crippen molar-refractivity contribution in [2.24, 2.45) is 0 Å². The zero-order valence-corrected chi connectivity index (χ0v) is 16.0. The van der Waals surface area contributed by atoms with Crippen LogP contribution in [0.15, 0.2) is 59.5 Å². The van der Waals surface area contributed by atoms with E-state index in [0.29, 0.717) is 23.6 Å². The molecule has 0 saturated carbocycles. The first-order valence-electron chi connectivity index (χ1n) is 8.65. The zero-order valence-electron chi connectivity index (χ0n) is 15.2. The van der Waals surface area contributed by atoms with Crippen LogP contribution in [-0.2, 0) is 0 Å². The average Bonchev–Trinajstić information content (AvgIpc) is 2.71. The summed E-state index contributed by atoms with van der Waals surface area (Å²) in [4.78, 5) is 36.1. The van der Waals surface area contributed by atoms with Gasteiger partial charge in [0.15, 0.2) is 5.82 Å². The van der Waals surface area contributed by atoms with Gasteiger partial charge in [0.2, 0.25) is 0 Å². The second-order valence-corrected chi connectivity index (χ2v) is 7.01. The number of hydrogen-bond acceptors (Lipinski definition) is 5.